The third-order valence-electron chi connectivity index (χ3n) is 4.22. The maximum absolute atomic E-state index is 13.1. The van der Waals surface area contributed by atoms with Crippen LogP contribution in [0.1, 0.15) is 28.7 Å². The molecule has 1 saturated heterocycles. The highest BCUT2D eigenvalue weighted by atomic mass is 19.4. The highest BCUT2D eigenvalue weighted by Gasteiger charge is 2.36. The average Bonchev–Trinajstić information content (AvgIpc) is 2.57. The van der Waals surface area contributed by atoms with Crippen molar-refractivity contribution >= 4 is 5.82 Å². The van der Waals surface area contributed by atoms with Crippen molar-refractivity contribution in [3.8, 4) is 0 Å². The van der Waals surface area contributed by atoms with Gasteiger partial charge in [-0.3, -0.25) is 0 Å². The minimum absolute atomic E-state index is 0.259. The molecule has 0 N–H and O–H groups in total. The van der Waals surface area contributed by atoms with Crippen molar-refractivity contribution in [2.24, 2.45) is 0 Å². The average molecular weight is 355 g/mol. The van der Waals surface area contributed by atoms with Crippen molar-refractivity contribution in [1.82, 2.24) is 9.97 Å². The number of rotatable bonds is 2. The zero-order valence-corrected chi connectivity index (χ0v) is 13.8. The standard InChI is InChI=1S/C17H17F4N3O/c1-10-11(2)22-16(17(19,20)21)23-15(10)24-7-8-25-14(9-24)12-3-5-13(18)6-4-12/h3-6,14H,7-9H2,1-2H3/t14-/m1/s1. The van der Waals surface area contributed by atoms with Crippen molar-refractivity contribution in [3.05, 3.63) is 52.7 Å². The van der Waals surface area contributed by atoms with E-state index in [2.05, 4.69) is 9.97 Å². The molecule has 0 bridgehead atoms. The number of morpholine rings is 1. The summed E-state index contributed by atoms with van der Waals surface area (Å²) in [6.07, 6.45) is -4.96. The maximum atomic E-state index is 13.1. The summed E-state index contributed by atoms with van der Waals surface area (Å²) >= 11 is 0. The molecule has 0 radical (unpaired) electrons. The Labute approximate surface area is 142 Å². The number of hydrogen-bond donors (Lipinski definition) is 0. The summed E-state index contributed by atoms with van der Waals surface area (Å²) in [6, 6.07) is 5.89. The second-order valence-electron chi connectivity index (χ2n) is 5.94. The van der Waals surface area contributed by atoms with Gasteiger partial charge in [-0.25, -0.2) is 14.4 Å². The van der Waals surface area contributed by atoms with Crippen LogP contribution in [-0.2, 0) is 10.9 Å². The summed E-state index contributed by atoms with van der Waals surface area (Å²) < 4.78 is 57.8. The van der Waals surface area contributed by atoms with E-state index in [9.17, 15) is 17.6 Å². The van der Waals surface area contributed by atoms with Crippen LogP contribution in [0.2, 0.25) is 0 Å². The van der Waals surface area contributed by atoms with Gasteiger partial charge >= 0.3 is 6.18 Å². The highest BCUT2D eigenvalue weighted by molar-refractivity contribution is 5.49. The first-order valence-corrected chi connectivity index (χ1v) is 7.80. The fourth-order valence-corrected chi connectivity index (χ4v) is 2.77. The van der Waals surface area contributed by atoms with Crippen molar-refractivity contribution in [1.29, 1.82) is 0 Å². The minimum atomic E-state index is -4.60. The second kappa shape index (κ2) is 6.59. The molecule has 8 heteroatoms. The number of nitrogens with zero attached hydrogens (tertiary/aromatic N) is 3. The van der Waals surface area contributed by atoms with E-state index in [0.29, 0.717) is 31.0 Å². The lowest BCUT2D eigenvalue weighted by Gasteiger charge is -2.35. The van der Waals surface area contributed by atoms with Crippen LogP contribution >= 0.6 is 0 Å². The predicted molar refractivity (Wildman–Crippen MR) is 83.8 cm³/mol. The van der Waals surface area contributed by atoms with Gasteiger partial charge in [0.2, 0.25) is 5.82 Å². The lowest BCUT2D eigenvalue weighted by atomic mass is 10.1. The Balaban J connectivity index is 1.91. The second-order valence-corrected chi connectivity index (χ2v) is 5.94. The molecule has 25 heavy (non-hydrogen) atoms. The van der Waals surface area contributed by atoms with Crippen molar-refractivity contribution in [3.63, 3.8) is 0 Å². The van der Waals surface area contributed by atoms with E-state index < -0.39 is 12.0 Å². The van der Waals surface area contributed by atoms with Gasteiger partial charge in [-0.1, -0.05) is 12.1 Å². The van der Waals surface area contributed by atoms with Crippen LogP contribution in [-0.4, -0.2) is 29.7 Å². The summed E-state index contributed by atoms with van der Waals surface area (Å²) in [5, 5.41) is 0. The van der Waals surface area contributed by atoms with E-state index >= 15 is 0 Å². The molecule has 2 heterocycles. The molecular formula is C17H17F4N3O. The Hall–Kier alpha value is -2.22. The predicted octanol–water partition coefficient (Wildman–Crippen LogP) is 3.83. The number of benzene rings is 1. The molecule has 0 amide bonds. The molecule has 1 aliphatic rings. The number of ether oxygens (including phenoxy) is 1. The Kier molecular flexibility index (Phi) is 4.64. The normalized spacial score (nSPS) is 18.5. The van der Waals surface area contributed by atoms with Gasteiger partial charge in [0, 0.05) is 24.3 Å². The van der Waals surface area contributed by atoms with E-state index in [1.54, 1.807) is 24.0 Å². The molecule has 0 aliphatic carbocycles. The number of halogens is 4. The Morgan fingerprint density at radius 3 is 2.44 bits per heavy atom. The van der Waals surface area contributed by atoms with Crippen LogP contribution in [0.5, 0.6) is 0 Å². The molecule has 1 fully saturated rings. The smallest absolute Gasteiger partial charge is 0.370 e. The van der Waals surface area contributed by atoms with Gasteiger partial charge in [0.25, 0.3) is 0 Å². The van der Waals surface area contributed by atoms with Crippen LogP contribution < -0.4 is 4.90 Å². The SMILES string of the molecule is Cc1nc(C(F)(F)F)nc(N2CCO[C@@H](c3ccc(F)cc3)C2)c1C. The van der Waals surface area contributed by atoms with E-state index in [1.165, 1.54) is 19.1 Å². The monoisotopic (exact) mass is 355 g/mol. The number of hydrogen-bond acceptors (Lipinski definition) is 4. The van der Waals surface area contributed by atoms with E-state index in [1.807, 2.05) is 0 Å². The fraction of sp³-hybridized carbons (Fsp3) is 0.412. The van der Waals surface area contributed by atoms with Gasteiger partial charge in [0.05, 0.1) is 6.61 Å². The van der Waals surface area contributed by atoms with Gasteiger partial charge in [0.1, 0.15) is 17.7 Å². The van der Waals surface area contributed by atoms with Gasteiger partial charge < -0.3 is 9.64 Å². The third-order valence-corrected chi connectivity index (χ3v) is 4.22. The van der Waals surface area contributed by atoms with Crippen molar-refractivity contribution in [2.75, 3.05) is 24.6 Å². The molecule has 0 saturated carbocycles. The maximum Gasteiger partial charge on any atom is 0.451 e. The molecule has 134 valence electrons. The van der Waals surface area contributed by atoms with Gasteiger partial charge in [0.15, 0.2) is 0 Å². The molecule has 2 aromatic rings. The summed E-state index contributed by atoms with van der Waals surface area (Å²) in [5.41, 5.74) is 1.67. The van der Waals surface area contributed by atoms with Crippen LogP contribution in [0.4, 0.5) is 23.4 Å². The largest absolute Gasteiger partial charge is 0.451 e. The van der Waals surface area contributed by atoms with Gasteiger partial charge in [-0.15, -0.1) is 0 Å². The van der Waals surface area contributed by atoms with Crippen molar-refractivity contribution < 1.29 is 22.3 Å². The molecule has 0 spiro atoms. The first-order valence-electron chi connectivity index (χ1n) is 7.80. The number of aromatic nitrogens is 2. The van der Waals surface area contributed by atoms with Gasteiger partial charge in [-0.2, -0.15) is 13.2 Å². The lowest BCUT2D eigenvalue weighted by molar-refractivity contribution is -0.145. The fourth-order valence-electron chi connectivity index (χ4n) is 2.77. The lowest BCUT2D eigenvalue weighted by Crippen LogP contribution is -2.39. The first kappa shape index (κ1) is 17.6. The summed E-state index contributed by atoms with van der Waals surface area (Å²) in [5.74, 6) is -1.24. The Morgan fingerprint density at radius 2 is 1.80 bits per heavy atom. The van der Waals surface area contributed by atoms with Crippen molar-refractivity contribution in [2.45, 2.75) is 26.1 Å². The third kappa shape index (κ3) is 3.73. The number of anilines is 1. The molecule has 1 aromatic carbocycles. The quantitative estimate of drug-likeness (QED) is 0.768. The van der Waals surface area contributed by atoms with Gasteiger partial charge in [-0.05, 0) is 31.5 Å². The molecule has 0 unspecified atom stereocenters. The molecule has 4 nitrogen and oxygen atoms in total. The summed E-state index contributed by atoms with van der Waals surface area (Å²) in [6.45, 7) is 4.33. The topological polar surface area (TPSA) is 38.2 Å². The zero-order chi connectivity index (χ0) is 18.2. The van der Waals surface area contributed by atoms with Crippen LogP contribution in [0.15, 0.2) is 24.3 Å². The first-order chi connectivity index (χ1) is 11.8. The van der Waals surface area contributed by atoms with E-state index in [0.717, 1.165) is 5.56 Å². The van der Waals surface area contributed by atoms with E-state index in [4.69, 9.17) is 4.74 Å². The molecular weight excluding hydrogens is 338 g/mol. The zero-order valence-electron chi connectivity index (χ0n) is 13.8. The van der Waals surface area contributed by atoms with E-state index in [-0.39, 0.29) is 17.7 Å². The Morgan fingerprint density at radius 1 is 1.12 bits per heavy atom. The van der Waals surface area contributed by atoms with Crippen LogP contribution in [0.25, 0.3) is 0 Å². The van der Waals surface area contributed by atoms with Crippen LogP contribution in [0.3, 0.4) is 0 Å². The Bertz CT molecular complexity index is 762. The summed E-state index contributed by atoms with van der Waals surface area (Å²) in [7, 11) is 0. The molecule has 1 aliphatic heterocycles. The minimum Gasteiger partial charge on any atom is -0.370 e. The highest BCUT2D eigenvalue weighted by Crippen LogP contribution is 2.32. The molecule has 1 aromatic heterocycles. The molecule has 1 atom stereocenters. The number of alkyl halides is 3. The summed E-state index contributed by atoms with van der Waals surface area (Å²) in [4.78, 5) is 9.06. The number of aryl methyl sites for hydroxylation is 1. The molecule has 3 rings (SSSR count). The van der Waals surface area contributed by atoms with Crippen LogP contribution in [0, 0.1) is 19.7 Å².